The molecule has 0 heterocycles. The van der Waals surface area contributed by atoms with E-state index in [9.17, 15) is 4.79 Å². The van der Waals surface area contributed by atoms with Gasteiger partial charge in [0.1, 0.15) is 0 Å². The Morgan fingerprint density at radius 1 is 1.39 bits per heavy atom. The summed E-state index contributed by atoms with van der Waals surface area (Å²) in [5.74, 6) is 0.510. The minimum atomic E-state index is -0.0538. The van der Waals surface area contributed by atoms with E-state index in [0.29, 0.717) is 10.9 Å². The van der Waals surface area contributed by atoms with Crippen molar-refractivity contribution >= 4 is 23.6 Å². The Morgan fingerprint density at radius 3 is 2.72 bits per heavy atom. The fourth-order valence-electron chi connectivity index (χ4n) is 1.66. The zero-order valence-corrected chi connectivity index (χ0v) is 11.7. The number of amides is 1. The molecule has 0 saturated heterocycles. The highest BCUT2D eigenvalue weighted by Crippen LogP contribution is 2.11. The van der Waals surface area contributed by atoms with Crippen LogP contribution in [0.3, 0.4) is 0 Å². The van der Waals surface area contributed by atoms with E-state index in [0.717, 1.165) is 24.9 Å². The predicted molar refractivity (Wildman–Crippen MR) is 77.6 cm³/mol. The van der Waals surface area contributed by atoms with Crippen molar-refractivity contribution in [1.29, 1.82) is 0 Å². The summed E-state index contributed by atoms with van der Waals surface area (Å²) >= 11 is 5.87. The van der Waals surface area contributed by atoms with Crippen LogP contribution in [0.5, 0.6) is 0 Å². The van der Waals surface area contributed by atoms with Gasteiger partial charge in [-0.1, -0.05) is 50.4 Å². The van der Waals surface area contributed by atoms with E-state index >= 15 is 0 Å². The number of halogens is 1. The second-order valence-electron chi connectivity index (χ2n) is 4.32. The summed E-state index contributed by atoms with van der Waals surface area (Å²) in [6, 6.07) is 7.42. The maximum absolute atomic E-state index is 11.6. The molecule has 0 bridgehead atoms. The lowest BCUT2D eigenvalue weighted by atomic mass is 10.0. The Morgan fingerprint density at radius 2 is 2.11 bits per heavy atom. The smallest absolute Gasteiger partial charge is 0.244 e. The minimum Gasteiger partial charge on any atom is -0.352 e. The quantitative estimate of drug-likeness (QED) is 0.777. The van der Waals surface area contributed by atoms with Crippen molar-refractivity contribution in [3.05, 3.63) is 40.9 Å². The van der Waals surface area contributed by atoms with Crippen LogP contribution in [-0.2, 0) is 4.79 Å². The van der Waals surface area contributed by atoms with Gasteiger partial charge in [-0.15, -0.1) is 0 Å². The molecule has 2 nitrogen and oxygen atoms in total. The summed E-state index contributed by atoms with van der Waals surface area (Å²) in [5.41, 5.74) is 0.931. The van der Waals surface area contributed by atoms with Crippen molar-refractivity contribution in [3.63, 3.8) is 0 Å². The van der Waals surface area contributed by atoms with E-state index < -0.39 is 0 Å². The first-order chi connectivity index (χ1) is 8.65. The average Bonchev–Trinajstić information content (AvgIpc) is 2.37. The molecule has 1 N–H and O–H groups in total. The fraction of sp³-hybridized carbons (Fsp3) is 0.400. The number of hydrogen-bond acceptors (Lipinski definition) is 1. The zero-order chi connectivity index (χ0) is 13.4. The molecular formula is C15H20ClNO. The summed E-state index contributed by atoms with van der Waals surface area (Å²) in [5, 5.41) is 3.59. The van der Waals surface area contributed by atoms with Crippen LogP contribution >= 0.6 is 11.6 Å². The molecule has 0 aliphatic carbocycles. The maximum Gasteiger partial charge on any atom is 0.244 e. The Balaban J connectivity index is 2.45. The number of carbonyl (C=O) groups excluding carboxylic acids is 1. The summed E-state index contributed by atoms with van der Waals surface area (Å²) in [6.45, 7) is 5.02. The van der Waals surface area contributed by atoms with Gasteiger partial charge >= 0.3 is 0 Å². The highest BCUT2D eigenvalue weighted by Gasteiger charge is 2.04. The summed E-state index contributed by atoms with van der Waals surface area (Å²) in [6.07, 6.45) is 5.51. The monoisotopic (exact) mass is 265 g/mol. The third-order valence-electron chi connectivity index (χ3n) is 3.00. The summed E-state index contributed by atoms with van der Waals surface area (Å²) in [4.78, 5) is 11.6. The number of benzene rings is 1. The van der Waals surface area contributed by atoms with E-state index in [-0.39, 0.29) is 5.91 Å². The first kappa shape index (κ1) is 14.8. The van der Waals surface area contributed by atoms with Crippen molar-refractivity contribution in [2.24, 2.45) is 5.92 Å². The topological polar surface area (TPSA) is 29.1 Å². The van der Waals surface area contributed by atoms with E-state index in [4.69, 9.17) is 11.6 Å². The molecule has 1 rings (SSSR count). The van der Waals surface area contributed by atoms with Crippen LogP contribution in [0.15, 0.2) is 30.3 Å². The van der Waals surface area contributed by atoms with E-state index in [1.807, 2.05) is 24.3 Å². The van der Waals surface area contributed by atoms with Gasteiger partial charge in [0.2, 0.25) is 5.91 Å². The van der Waals surface area contributed by atoms with Gasteiger partial charge in [0, 0.05) is 17.6 Å². The van der Waals surface area contributed by atoms with E-state index in [1.54, 1.807) is 12.2 Å². The molecule has 1 aromatic rings. The van der Waals surface area contributed by atoms with Gasteiger partial charge in [-0.05, 0) is 29.7 Å². The first-order valence-corrected chi connectivity index (χ1v) is 6.75. The van der Waals surface area contributed by atoms with Gasteiger partial charge in [-0.2, -0.15) is 0 Å². The molecule has 0 fully saturated rings. The second kappa shape index (κ2) is 7.93. The Hall–Kier alpha value is -1.28. The minimum absolute atomic E-state index is 0.0538. The highest BCUT2D eigenvalue weighted by molar-refractivity contribution is 6.30. The maximum atomic E-state index is 11.6. The third-order valence-corrected chi connectivity index (χ3v) is 3.23. The summed E-state index contributed by atoms with van der Waals surface area (Å²) in [7, 11) is 0. The molecule has 0 radical (unpaired) electrons. The number of rotatable bonds is 6. The standard InChI is InChI=1S/C15H20ClNO/c1-3-12(4-2)11-17-15(18)9-8-13-6-5-7-14(16)10-13/h5-10,12H,3-4,11H2,1-2H3,(H,17,18)/b9-8+. The van der Waals surface area contributed by atoms with Crippen molar-refractivity contribution in [3.8, 4) is 0 Å². The van der Waals surface area contributed by atoms with Crippen LogP contribution in [0.4, 0.5) is 0 Å². The van der Waals surface area contributed by atoms with Crippen LogP contribution < -0.4 is 5.32 Å². The van der Waals surface area contributed by atoms with E-state index in [1.165, 1.54) is 0 Å². The van der Waals surface area contributed by atoms with Gasteiger partial charge in [0.15, 0.2) is 0 Å². The van der Waals surface area contributed by atoms with Crippen molar-refractivity contribution in [2.75, 3.05) is 6.54 Å². The van der Waals surface area contributed by atoms with Gasteiger partial charge in [-0.25, -0.2) is 0 Å². The van der Waals surface area contributed by atoms with Crippen molar-refractivity contribution in [1.82, 2.24) is 5.32 Å². The Kier molecular flexibility index (Phi) is 6.51. The molecule has 0 aromatic heterocycles. The third kappa shape index (κ3) is 5.37. The fourth-order valence-corrected chi connectivity index (χ4v) is 1.86. The van der Waals surface area contributed by atoms with Gasteiger partial charge < -0.3 is 5.32 Å². The van der Waals surface area contributed by atoms with Crippen LogP contribution in [0, 0.1) is 5.92 Å². The Bertz CT molecular complexity index is 411. The SMILES string of the molecule is CCC(CC)CNC(=O)/C=C/c1cccc(Cl)c1. The first-order valence-electron chi connectivity index (χ1n) is 6.37. The molecule has 0 aliphatic heterocycles. The molecule has 0 spiro atoms. The largest absolute Gasteiger partial charge is 0.352 e. The Labute approximate surface area is 114 Å². The highest BCUT2D eigenvalue weighted by atomic mass is 35.5. The van der Waals surface area contributed by atoms with Crippen LogP contribution in [0.2, 0.25) is 5.02 Å². The number of nitrogens with one attached hydrogen (secondary N) is 1. The van der Waals surface area contributed by atoms with Gasteiger partial charge in [-0.3, -0.25) is 4.79 Å². The molecule has 1 aromatic carbocycles. The number of carbonyl (C=O) groups is 1. The molecule has 0 atom stereocenters. The van der Waals surface area contributed by atoms with Gasteiger partial charge in [0.25, 0.3) is 0 Å². The molecule has 98 valence electrons. The molecule has 18 heavy (non-hydrogen) atoms. The zero-order valence-electron chi connectivity index (χ0n) is 10.9. The molecule has 3 heteroatoms. The molecule has 0 aliphatic rings. The van der Waals surface area contributed by atoms with Crippen LogP contribution in [0.25, 0.3) is 6.08 Å². The van der Waals surface area contributed by atoms with E-state index in [2.05, 4.69) is 19.2 Å². The molecule has 1 amide bonds. The van der Waals surface area contributed by atoms with Crippen LogP contribution in [0.1, 0.15) is 32.3 Å². The predicted octanol–water partition coefficient (Wildman–Crippen LogP) is 3.91. The lowest BCUT2D eigenvalue weighted by Gasteiger charge is -2.11. The van der Waals surface area contributed by atoms with Crippen LogP contribution in [-0.4, -0.2) is 12.5 Å². The molecular weight excluding hydrogens is 246 g/mol. The lowest BCUT2D eigenvalue weighted by Crippen LogP contribution is -2.27. The number of hydrogen-bond donors (Lipinski definition) is 1. The van der Waals surface area contributed by atoms with Crippen molar-refractivity contribution < 1.29 is 4.79 Å². The van der Waals surface area contributed by atoms with Gasteiger partial charge in [0.05, 0.1) is 0 Å². The second-order valence-corrected chi connectivity index (χ2v) is 4.75. The summed E-state index contributed by atoms with van der Waals surface area (Å²) < 4.78 is 0. The molecule has 0 unspecified atom stereocenters. The normalized spacial score (nSPS) is 11.1. The average molecular weight is 266 g/mol. The molecule has 0 saturated carbocycles. The lowest BCUT2D eigenvalue weighted by molar-refractivity contribution is -0.116. The van der Waals surface area contributed by atoms with Crippen molar-refractivity contribution in [2.45, 2.75) is 26.7 Å².